The number of benzene rings is 1. The zero-order valence-electron chi connectivity index (χ0n) is 10.9. The van der Waals surface area contributed by atoms with Gasteiger partial charge in [-0.3, -0.25) is 4.79 Å². The molecule has 0 radical (unpaired) electrons. The highest BCUT2D eigenvalue weighted by Gasteiger charge is 2.38. The third kappa shape index (κ3) is 3.77. The van der Waals surface area contributed by atoms with Gasteiger partial charge in [0, 0.05) is 6.04 Å². The number of carbonyl (C=O) groups is 1. The number of rotatable bonds is 3. The average molecular weight is 281 g/mol. The molecule has 2 unspecified atom stereocenters. The van der Waals surface area contributed by atoms with Gasteiger partial charge in [-0.25, -0.2) is 0 Å². The standard InChI is InChI=1S/C15H14F3NO/c1-2-3-14(20)19-13-9-11(13)8-10-4-6-12(7-5-10)15(16,17)18/h4-7,11,13H,8-9H2,1H3,(H,19,20). The fourth-order valence-electron chi connectivity index (χ4n) is 2.10. The van der Waals surface area contributed by atoms with Gasteiger partial charge in [-0.05, 0) is 49.3 Å². The summed E-state index contributed by atoms with van der Waals surface area (Å²) >= 11 is 0. The summed E-state index contributed by atoms with van der Waals surface area (Å²) in [6.45, 7) is 1.59. The quantitative estimate of drug-likeness (QED) is 0.848. The molecule has 0 bridgehead atoms. The Labute approximate surface area is 115 Å². The van der Waals surface area contributed by atoms with E-state index in [2.05, 4.69) is 17.2 Å². The first-order chi connectivity index (χ1) is 9.40. The molecule has 1 amide bonds. The smallest absolute Gasteiger partial charge is 0.342 e. The maximum absolute atomic E-state index is 12.4. The van der Waals surface area contributed by atoms with E-state index >= 15 is 0 Å². The van der Waals surface area contributed by atoms with E-state index in [9.17, 15) is 18.0 Å². The van der Waals surface area contributed by atoms with Crippen molar-refractivity contribution in [3.05, 3.63) is 35.4 Å². The van der Waals surface area contributed by atoms with Crippen LogP contribution in [0.4, 0.5) is 13.2 Å². The largest absolute Gasteiger partial charge is 0.416 e. The molecule has 5 heteroatoms. The van der Waals surface area contributed by atoms with Gasteiger partial charge in [-0.1, -0.05) is 18.1 Å². The Bertz CT molecular complexity index is 551. The minimum absolute atomic E-state index is 0.0886. The number of nitrogens with one attached hydrogen (secondary N) is 1. The maximum Gasteiger partial charge on any atom is 0.416 e. The van der Waals surface area contributed by atoms with Crippen molar-refractivity contribution in [1.29, 1.82) is 0 Å². The van der Waals surface area contributed by atoms with Gasteiger partial charge in [0.05, 0.1) is 5.56 Å². The molecule has 106 valence electrons. The van der Waals surface area contributed by atoms with Crippen LogP contribution >= 0.6 is 0 Å². The Kier molecular flexibility index (Phi) is 4.03. The highest BCUT2D eigenvalue weighted by molar-refractivity contribution is 5.93. The van der Waals surface area contributed by atoms with E-state index in [-0.39, 0.29) is 17.9 Å². The Hall–Kier alpha value is -1.96. The van der Waals surface area contributed by atoms with E-state index in [4.69, 9.17) is 0 Å². The lowest BCUT2D eigenvalue weighted by molar-refractivity contribution is -0.137. The Balaban J connectivity index is 1.86. The van der Waals surface area contributed by atoms with Crippen molar-refractivity contribution in [2.24, 2.45) is 5.92 Å². The molecule has 0 aliphatic heterocycles. The molecule has 0 heterocycles. The zero-order chi connectivity index (χ0) is 14.8. The van der Waals surface area contributed by atoms with Crippen molar-refractivity contribution in [2.75, 3.05) is 0 Å². The average Bonchev–Trinajstić information content (AvgIpc) is 3.06. The molecule has 2 rings (SSSR count). The SMILES string of the molecule is CC#CC(=O)NC1CC1Cc1ccc(C(F)(F)F)cc1. The molecule has 1 saturated carbocycles. The summed E-state index contributed by atoms with van der Waals surface area (Å²) < 4.78 is 37.2. The van der Waals surface area contributed by atoms with Crippen LogP contribution in [0, 0.1) is 17.8 Å². The van der Waals surface area contributed by atoms with Gasteiger partial charge >= 0.3 is 6.18 Å². The summed E-state index contributed by atoms with van der Waals surface area (Å²) in [6.07, 6.45) is -2.78. The van der Waals surface area contributed by atoms with E-state index in [0.29, 0.717) is 6.42 Å². The number of carbonyl (C=O) groups excluding carboxylic acids is 1. The summed E-state index contributed by atoms with van der Waals surface area (Å²) in [6, 6.07) is 5.25. The molecule has 0 saturated heterocycles. The number of hydrogen-bond acceptors (Lipinski definition) is 1. The van der Waals surface area contributed by atoms with E-state index in [1.54, 1.807) is 6.92 Å². The van der Waals surface area contributed by atoms with E-state index in [1.165, 1.54) is 12.1 Å². The Morgan fingerprint density at radius 3 is 2.55 bits per heavy atom. The van der Waals surface area contributed by atoms with E-state index in [0.717, 1.165) is 24.1 Å². The number of alkyl halides is 3. The third-order valence-corrected chi connectivity index (χ3v) is 3.26. The van der Waals surface area contributed by atoms with Gasteiger partial charge in [-0.2, -0.15) is 13.2 Å². The second-order valence-corrected chi connectivity index (χ2v) is 4.85. The third-order valence-electron chi connectivity index (χ3n) is 3.26. The van der Waals surface area contributed by atoms with Crippen LogP contribution in [0.1, 0.15) is 24.5 Å². The summed E-state index contributed by atoms with van der Waals surface area (Å²) in [5.74, 6) is 4.90. The fraction of sp³-hybridized carbons (Fsp3) is 0.400. The summed E-state index contributed by atoms with van der Waals surface area (Å²) in [4.78, 5) is 11.2. The minimum atomic E-state index is -4.30. The lowest BCUT2D eigenvalue weighted by atomic mass is 10.1. The summed E-state index contributed by atoms with van der Waals surface area (Å²) in [5.41, 5.74) is 0.210. The molecule has 1 fully saturated rings. The monoisotopic (exact) mass is 281 g/mol. The second-order valence-electron chi connectivity index (χ2n) is 4.85. The van der Waals surface area contributed by atoms with Gasteiger partial charge in [0.2, 0.25) is 0 Å². The van der Waals surface area contributed by atoms with Crippen molar-refractivity contribution in [3.63, 3.8) is 0 Å². The van der Waals surface area contributed by atoms with Crippen molar-refractivity contribution < 1.29 is 18.0 Å². The van der Waals surface area contributed by atoms with E-state index < -0.39 is 11.7 Å². The minimum Gasteiger partial charge on any atom is -0.342 e. The molecule has 0 aromatic heterocycles. The first-order valence-corrected chi connectivity index (χ1v) is 6.29. The Morgan fingerprint density at radius 2 is 2.00 bits per heavy atom. The maximum atomic E-state index is 12.4. The molecule has 2 atom stereocenters. The van der Waals surface area contributed by atoms with Crippen molar-refractivity contribution in [3.8, 4) is 11.8 Å². The molecular formula is C15H14F3NO. The highest BCUT2D eigenvalue weighted by atomic mass is 19.4. The number of hydrogen-bond donors (Lipinski definition) is 1. The van der Waals surface area contributed by atoms with Crippen molar-refractivity contribution in [1.82, 2.24) is 5.32 Å². The van der Waals surface area contributed by atoms with Gasteiger partial charge in [0.25, 0.3) is 5.91 Å². The van der Waals surface area contributed by atoms with Crippen molar-refractivity contribution >= 4 is 5.91 Å². The van der Waals surface area contributed by atoms with Crippen LogP contribution in [0.5, 0.6) is 0 Å². The second kappa shape index (κ2) is 5.58. The van der Waals surface area contributed by atoms with Gasteiger partial charge in [0.1, 0.15) is 0 Å². The number of amides is 1. The molecule has 1 aliphatic rings. The van der Waals surface area contributed by atoms with Crippen LogP contribution < -0.4 is 5.32 Å². The molecule has 0 spiro atoms. The van der Waals surface area contributed by atoms with Gasteiger partial charge in [0.15, 0.2) is 0 Å². The van der Waals surface area contributed by atoms with Gasteiger partial charge < -0.3 is 5.32 Å². The van der Waals surface area contributed by atoms with Crippen LogP contribution in [0.15, 0.2) is 24.3 Å². The molecule has 20 heavy (non-hydrogen) atoms. The molecule has 1 aromatic rings. The van der Waals surface area contributed by atoms with Gasteiger partial charge in [-0.15, -0.1) is 0 Å². The topological polar surface area (TPSA) is 29.1 Å². The van der Waals surface area contributed by atoms with Crippen LogP contribution in [-0.4, -0.2) is 11.9 Å². The number of halogens is 3. The predicted octanol–water partition coefficient (Wildman–Crippen LogP) is 2.78. The highest BCUT2D eigenvalue weighted by Crippen LogP contribution is 2.35. The lowest BCUT2D eigenvalue weighted by Gasteiger charge is -2.07. The Morgan fingerprint density at radius 1 is 1.35 bits per heavy atom. The summed E-state index contributed by atoms with van der Waals surface area (Å²) in [7, 11) is 0. The zero-order valence-corrected chi connectivity index (χ0v) is 10.9. The normalized spacial score (nSPS) is 20.8. The van der Waals surface area contributed by atoms with Crippen LogP contribution in [0.2, 0.25) is 0 Å². The van der Waals surface area contributed by atoms with E-state index in [1.807, 2.05) is 0 Å². The fourth-order valence-corrected chi connectivity index (χ4v) is 2.10. The lowest BCUT2D eigenvalue weighted by Crippen LogP contribution is -2.25. The molecule has 1 N–H and O–H groups in total. The first kappa shape index (κ1) is 14.4. The van der Waals surface area contributed by atoms with Crippen molar-refractivity contribution in [2.45, 2.75) is 32.0 Å². The van der Waals surface area contributed by atoms with Crippen LogP contribution in [-0.2, 0) is 17.4 Å². The molecule has 1 aliphatic carbocycles. The summed E-state index contributed by atoms with van der Waals surface area (Å²) in [5, 5.41) is 2.77. The van der Waals surface area contributed by atoms with Crippen LogP contribution in [0.3, 0.4) is 0 Å². The molecule has 1 aromatic carbocycles. The first-order valence-electron chi connectivity index (χ1n) is 6.29. The predicted molar refractivity (Wildman–Crippen MR) is 68.6 cm³/mol. The molecule has 2 nitrogen and oxygen atoms in total. The van der Waals surface area contributed by atoms with Crippen LogP contribution in [0.25, 0.3) is 0 Å². The molecular weight excluding hydrogens is 267 g/mol.